The third kappa shape index (κ3) is 4.41. The minimum Gasteiger partial charge on any atom is -0.352 e. The average Bonchev–Trinajstić information content (AvgIpc) is 2.81. The normalized spacial score (nSPS) is 11.4. The van der Waals surface area contributed by atoms with Gasteiger partial charge in [0.2, 0.25) is 5.91 Å². The summed E-state index contributed by atoms with van der Waals surface area (Å²) in [5.41, 5.74) is 0.990. The van der Waals surface area contributed by atoms with Gasteiger partial charge < -0.3 is 5.32 Å². The molecule has 1 N–H and O–H groups in total. The van der Waals surface area contributed by atoms with Crippen molar-refractivity contribution in [1.29, 1.82) is 0 Å². The molecule has 2 heterocycles. The zero-order valence-electron chi connectivity index (χ0n) is 13.1. The van der Waals surface area contributed by atoms with Gasteiger partial charge in [-0.05, 0) is 24.0 Å². The lowest BCUT2D eigenvalue weighted by molar-refractivity contribution is -0.122. The van der Waals surface area contributed by atoms with Crippen LogP contribution in [0.5, 0.6) is 0 Å². The molecule has 21 heavy (non-hydrogen) atoms. The molecule has 0 aromatic carbocycles. The second-order valence-corrected chi connectivity index (χ2v) is 6.38. The SMILES string of the molecule is Cc1nccn1-c1ccc(CNC(=O)CC(C)(C)C)cn1. The first-order valence-corrected chi connectivity index (χ1v) is 7.07. The average molecular weight is 286 g/mol. The Bertz CT molecular complexity index is 608. The van der Waals surface area contributed by atoms with Gasteiger partial charge in [-0.25, -0.2) is 9.97 Å². The lowest BCUT2D eigenvalue weighted by Gasteiger charge is -2.17. The van der Waals surface area contributed by atoms with Crippen molar-refractivity contribution in [3.05, 3.63) is 42.1 Å². The molecule has 1 amide bonds. The van der Waals surface area contributed by atoms with Gasteiger partial charge in [-0.15, -0.1) is 0 Å². The van der Waals surface area contributed by atoms with Crippen molar-refractivity contribution < 1.29 is 4.79 Å². The summed E-state index contributed by atoms with van der Waals surface area (Å²) in [6.45, 7) is 8.59. The molecule has 0 spiro atoms. The number of aromatic nitrogens is 3. The number of aryl methyl sites for hydroxylation is 1. The van der Waals surface area contributed by atoms with Crippen LogP contribution in [0, 0.1) is 12.3 Å². The maximum atomic E-state index is 11.8. The van der Waals surface area contributed by atoms with E-state index >= 15 is 0 Å². The number of nitrogens with one attached hydrogen (secondary N) is 1. The van der Waals surface area contributed by atoms with Crippen LogP contribution in [0.25, 0.3) is 5.82 Å². The van der Waals surface area contributed by atoms with Crippen molar-refractivity contribution in [3.8, 4) is 5.82 Å². The summed E-state index contributed by atoms with van der Waals surface area (Å²) in [7, 11) is 0. The molecule has 0 bridgehead atoms. The predicted molar refractivity (Wildman–Crippen MR) is 82.0 cm³/mol. The number of hydrogen-bond donors (Lipinski definition) is 1. The number of hydrogen-bond acceptors (Lipinski definition) is 3. The molecule has 5 nitrogen and oxygen atoms in total. The molecule has 0 saturated heterocycles. The Kier molecular flexibility index (Phi) is 4.40. The summed E-state index contributed by atoms with van der Waals surface area (Å²) < 4.78 is 1.92. The van der Waals surface area contributed by atoms with Crippen LogP contribution in [-0.4, -0.2) is 20.4 Å². The Morgan fingerprint density at radius 2 is 2.05 bits per heavy atom. The molecule has 112 valence electrons. The van der Waals surface area contributed by atoms with Crippen molar-refractivity contribution >= 4 is 5.91 Å². The highest BCUT2D eigenvalue weighted by molar-refractivity contribution is 5.76. The standard InChI is InChI=1S/C16H22N4O/c1-12-17-7-8-20(12)14-6-5-13(10-18-14)11-19-15(21)9-16(2,3)4/h5-8,10H,9,11H2,1-4H3,(H,19,21). The van der Waals surface area contributed by atoms with Crippen LogP contribution in [-0.2, 0) is 11.3 Å². The maximum Gasteiger partial charge on any atom is 0.220 e. The predicted octanol–water partition coefficient (Wildman–Crippen LogP) is 2.63. The number of pyridine rings is 1. The van der Waals surface area contributed by atoms with Gasteiger partial charge in [0.1, 0.15) is 11.6 Å². The first-order valence-electron chi connectivity index (χ1n) is 7.07. The Morgan fingerprint density at radius 1 is 1.29 bits per heavy atom. The largest absolute Gasteiger partial charge is 0.352 e. The number of carbonyl (C=O) groups is 1. The number of carbonyl (C=O) groups excluding carboxylic acids is 1. The summed E-state index contributed by atoms with van der Waals surface area (Å²) in [6.07, 6.45) is 5.93. The van der Waals surface area contributed by atoms with E-state index in [1.807, 2.05) is 29.8 Å². The van der Waals surface area contributed by atoms with E-state index in [9.17, 15) is 4.79 Å². The van der Waals surface area contributed by atoms with Crippen LogP contribution < -0.4 is 5.32 Å². The molecule has 2 rings (SSSR count). The molecule has 0 aliphatic carbocycles. The minimum absolute atomic E-state index is 0.00510. The molecule has 0 radical (unpaired) electrons. The van der Waals surface area contributed by atoms with Crippen molar-refractivity contribution in [2.75, 3.05) is 0 Å². The van der Waals surface area contributed by atoms with Crippen LogP contribution in [0.4, 0.5) is 0 Å². The van der Waals surface area contributed by atoms with Gasteiger partial charge in [-0.3, -0.25) is 9.36 Å². The van der Waals surface area contributed by atoms with Crippen LogP contribution in [0.3, 0.4) is 0 Å². The topological polar surface area (TPSA) is 59.8 Å². The van der Waals surface area contributed by atoms with E-state index in [0.29, 0.717) is 13.0 Å². The quantitative estimate of drug-likeness (QED) is 0.940. The van der Waals surface area contributed by atoms with Gasteiger partial charge in [0.15, 0.2) is 0 Å². The van der Waals surface area contributed by atoms with Gasteiger partial charge in [0, 0.05) is 31.6 Å². The molecular weight excluding hydrogens is 264 g/mol. The summed E-state index contributed by atoms with van der Waals surface area (Å²) in [4.78, 5) is 20.4. The zero-order valence-corrected chi connectivity index (χ0v) is 13.1. The van der Waals surface area contributed by atoms with Gasteiger partial charge in [-0.1, -0.05) is 26.8 Å². The molecule has 0 unspecified atom stereocenters. The summed E-state index contributed by atoms with van der Waals surface area (Å²) >= 11 is 0. The van der Waals surface area contributed by atoms with E-state index in [0.717, 1.165) is 17.2 Å². The maximum absolute atomic E-state index is 11.8. The van der Waals surface area contributed by atoms with Crippen LogP contribution in [0.15, 0.2) is 30.7 Å². The van der Waals surface area contributed by atoms with E-state index in [1.54, 1.807) is 12.4 Å². The summed E-state index contributed by atoms with van der Waals surface area (Å²) in [6, 6.07) is 3.90. The number of amides is 1. The van der Waals surface area contributed by atoms with E-state index in [2.05, 4.69) is 36.1 Å². The van der Waals surface area contributed by atoms with Crippen LogP contribution in [0.2, 0.25) is 0 Å². The highest BCUT2D eigenvalue weighted by Crippen LogP contribution is 2.18. The Hall–Kier alpha value is -2.17. The van der Waals surface area contributed by atoms with Crippen molar-refractivity contribution in [2.24, 2.45) is 5.41 Å². The van der Waals surface area contributed by atoms with Crippen LogP contribution in [0.1, 0.15) is 38.6 Å². The van der Waals surface area contributed by atoms with Crippen molar-refractivity contribution in [3.63, 3.8) is 0 Å². The lowest BCUT2D eigenvalue weighted by Crippen LogP contribution is -2.27. The number of rotatable bonds is 4. The fraction of sp³-hybridized carbons (Fsp3) is 0.438. The van der Waals surface area contributed by atoms with Gasteiger partial charge >= 0.3 is 0 Å². The number of nitrogens with zero attached hydrogens (tertiary/aromatic N) is 3. The van der Waals surface area contributed by atoms with Gasteiger partial charge in [0.25, 0.3) is 0 Å². The van der Waals surface area contributed by atoms with Gasteiger partial charge in [-0.2, -0.15) is 0 Å². The second-order valence-electron chi connectivity index (χ2n) is 6.38. The molecular formula is C16H22N4O. The Balaban J connectivity index is 1.94. The Labute approximate surface area is 125 Å². The number of imidazole rings is 1. The highest BCUT2D eigenvalue weighted by atomic mass is 16.1. The smallest absolute Gasteiger partial charge is 0.220 e. The summed E-state index contributed by atoms with van der Waals surface area (Å²) in [5, 5.41) is 2.92. The molecule has 2 aromatic heterocycles. The molecule has 0 aliphatic heterocycles. The van der Waals surface area contributed by atoms with E-state index in [1.165, 1.54) is 0 Å². The van der Waals surface area contributed by atoms with Gasteiger partial charge in [0.05, 0.1) is 0 Å². The van der Waals surface area contributed by atoms with Crippen LogP contribution >= 0.6 is 0 Å². The van der Waals surface area contributed by atoms with E-state index in [-0.39, 0.29) is 11.3 Å². The fourth-order valence-corrected chi connectivity index (χ4v) is 2.03. The molecule has 0 aliphatic rings. The molecule has 2 aromatic rings. The molecule has 0 saturated carbocycles. The molecule has 0 atom stereocenters. The van der Waals surface area contributed by atoms with Crippen molar-refractivity contribution in [1.82, 2.24) is 19.9 Å². The van der Waals surface area contributed by atoms with Crippen molar-refractivity contribution in [2.45, 2.75) is 40.7 Å². The summed E-state index contributed by atoms with van der Waals surface area (Å²) in [5.74, 6) is 1.79. The highest BCUT2D eigenvalue weighted by Gasteiger charge is 2.15. The Morgan fingerprint density at radius 3 is 2.57 bits per heavy atom. The van der Waals surface area contributed by atoms with E-state index in [4.69, 9.17) is 0 Å². The first kappa shape index (κ1) is 15.2. The minimum atomic E-state index is 0.00510. The fourth-order valence-electron chi connectivity index (χ4n) is 2.03. The molecule has 0 fully saturated rings. The third-order valence-electron chi connectivity index (χ3n) is 3.06. The molecule has 5 heteroatoms. The lowest BCUT2D eigenvalue weighted by atomic mass is 9.92. The second kappa shape index (κ2) is 6.08. The monoisotopic (exact) mass is 286 g/mol. The van der Waals surface area contributed by atoms with E-state index < -0.39 is 0 Å². The first-order chi connectivity index (χ1) is 9.85. The third-order valence-corrected chi connectivity index (χ3v) is 3.06. The zero-order chi connectivity index (χ0) is 15.5.